The van der Waals surface area contributed by atoms with Gasteiger partial charge in [-0.2, -0.15) is 0 Å². The highest BCUT2D eigenvalue weighted by atomic mass is 32.2. The lowest BCUT2D eigenvalue weighted by Gasteiger charge is -2.29. The van der Waals surface area contributed by atoms with Gasteiger partial charge >= 0.3 is 0 Å². The average Bonchev–Trinajstić information content (AvgIpc) is 2.69. The third-order valence-corrected chi connectivity index (χ3v) is 4.69. The molecule has 3 heterocycles. The van der Waals surface area contributed by atoms with Gasteiger partial charge in [0.15, 0.2) is 5.16 Å². The van der Waals surface area contributed by atoms with Gasteiger partial charge in [0.05, 0.1) is 0 Å². The summed E-state index contributed by atoms with van der Waals surface area (Å²) < 4.78 is 0. The minimum absolute atomic E-state index is 0.571. The molecule has 1 aromatic heterocycles. The maximum absolute atomic E-state index is 5.92. The van der Waals surface area contributed by atoms with E-state index in [9.17, 15) is 0 Å². The van der Waals surface area contributed by atoms with Gasteiger partial charge in [0.1, 0.15) is 11.6 Å². The van der Waals surface area contributed by atoms with Crippen LogP contribution < -0.4 is 10.6 Å². The van der Waals surface area contributed by atoms with Gasteiger partial charge in [-0.1, -0.05) is 11.8 Å². The van der Waals surface area contributed by atoms with Gasteiger partial charge in [-0.15, -0.1) is 0 Å². The topological polar surface area (TPSA) is 58.3 Å². The number of thioether (sulfide) groups is 1. The number of rotatable bonds is 2. The van der Waals surface area contributed by atoms with Crippen molar-refractivity contribution in [3.05, 3.63) is 6.07 Å². The van der Waals surface area contributed by atoms with Gasteiger partial charge in [-0.05, 0) is 39.1 Å². The highest BCUT2D eigenvalue weighted by Gasteiger charge is 2.37. The van der Waals surface area contributed by atoms with Crippen molar-refractivity contribution in [2.45, 2.75) is 36.5 Å². The number of likely N-dealkylation sites (tertiary alicyclic amines) is 1. The van der Waals surface area contributed by atoms with Gasteiger partial charge in [-0.3, -0.25) is 0 Å². The zero-order valence-electron chi connectivity index (χ0n) is 11.5. The van der Waals surface area contributed by atoms with Crippen LogP contribution in [0.15, 0.2) is 11.2 Å². The van der Waals surface area contributed by atoms with Crippen molar-refractivity contribution in [1.29, 1.82) is 0 Å². The van der Waals surface area contributed by atoms with Gasteiger partial charge in [0.25, 0.3) is 0 Å². The number of nitrogens with two attached hydrogens (primary N) is 1. The Morgan fingerprint density at radius 3 is 2.84 bits per heavy atom. The number of hydrogen-bond donors (Lipinski definition) is 1. The van der Waals surface area contributed by atoms with E-state index in [-0.39, 0.29) is 0 Å². The quantitative estimate of drug-likeness (QED) is 0.653. The number of hydrogen-bond acceptors (Lipinski definition) is 6. The summed E-state index contributed by atoms with van der Waals surface area (Å²) in [6, 6.07) is 3.11. The molecule has 19 heavy (non-hydrogen) atoms. The molecule has 2 aliphatic rings. The molecule has 0 amide bonds. The summed E-state index contributed by atoms with van der Waals surface area (Å²) in [5.74, 6) is 1.59. The third kappa shape index (κ3) is 2.51. The largest absolute Gasteiger partial charge is 0.383 e. The Morgan fingerprint density at radius 1 is 1.26 bits per heavy atom. The lowest BCUT2D eigenvalue weighted by atomic mass is 10.1. The Hall–Kier alpha value is -1.01. The molecule has 0 aromatic carbocycles. The van der Waals surface area contributed by atoms with E-state index >= 15 is 0 Å². The summed E-state index contributed by atoms with van der Waals surface area (Å²) in [7, 11) is 2.21. The number of anilines is 2. The Labute approximate surface area is 118 Å². The fraction of sp³-hybridized carbons (Fsp3) is 0.692. The molecule has 2 N–H and O–H groups in total. The standard InChI is InChI=1S/C13H21N5S/c1-17-6-5-9-3-4-10(8-17)18(9)12-7-11(14)15-13(16-12)19-2/h7,9-10H,3-6,8H2,1-2H3,(H2,14,15,16)/t9-,10+/m1/s1. The maximum atomic E-state index is 5.92. The third-order valence-electron chi connectivity index (χ3n) is 4.15. The number of nitrogens with zero attached hydrogens (tertiary/aromatic N) is 4. The molecule has 104 valence electrons. The van der Waals surface area contributed by atoms with Crippen LogP contribution in [0.2, 0.25) is 0 Å². The minimum Gasteiger partial charge on any atom is -0.383 e. The molecule has 2 fully saturated rings. The van der Waals surface area contributed by atoms with Gasteiger partial charge < -0.3 is 15.5 Å². The van der Waals surface area contributed by atoms with Gasteiger partial charge in [0, 0.05) is 24.7 Å². The summed E-state index contributed by atoms with van der Waals surface area (Å²) >= 11 is 1.55. The molecular weight excluding hydrogens is 258 g/mol. The molecule has 1 aromatic rings. The Kier molecular flexibility index (Phi) is 3.54. The molecule has 2 aliphatic heterocycles. The van der Waals surface area contributed by atoms with Crippen LogP contribution in [0, 0.1) is 0 Å². The van der Waals surface area contributed by atoms with Crippen LogP contribution in [-0.2, 0) is 0 Å². The molecule has 2 atom stereocenters. The van der Waals surface area contributed by atoms with Crippen molar-refractivity contribution in [1.82, 2.24) is 14.9 Å². The van der Waals surface area contributed by atoms with Crippen LogP contribution in [0.5, 0.6) is 0 Å². The summed E-state index contributed by atoms with van der Waals surface area (Å²) in [5.41, 5.74) is 5.92. The molecule has 2 bridgehead atoms. The molecule has 0 saturated carbocycles. The molecule has 0 aliphatic carbocycles. The van der Waals surface area contributed by atoms with Crippen molar-refractivity contribution in [3.8, 4) is 0 Å². The monoisotopic (exact) mass is 279 g/mol. The van der Waals surface area contributed by atoms with E-state index in [2.05, 4.69) is 26.8 Å². The van der Waals surface area contributed by atoms with E-state index in [1.54, 1.807) is 11.8 Å². The molecule has 6 heteroatoms. The summed E-state index contributed by atoms with van der Waals surface area (Å²) in [5, 5.41) is 0.770. The SMILES string of the molecule is CSc1nc(N)cc(N2[C@@H]3CC[C@H]2CN(C)CC3)n1. The molecule has 0 unspecified atom stereocenters. The summed E-state index contributed by atoms with van der Waals surface area (Å²) in [6.45, 7) is 2.29. The second kappa shape index (κ2) is 5.17. The zero-order valence-corrected chi connectivity index (χ0v) is 12.4. The molecule has 0 radical (unpaired) electrons. The van der Waals surface area contributed by atoms with Crippen molar-refractivity contribution in [2.75, 3.05) is 37.0 Å². The van der Waals surface area contributed by atoms with Crippen LogP contribution in [0.3, 0.4) is 0 Å². The van der Waals surface area contributed by atoms with Gasteiger partial charge in [0.2, 0.25) is 0 Å². The normalized spacial score (nSPS) is 27.6. The number of likely N-dealkylation sites (N-methyl/N-ethyl adjacent to an activating group) is 1. The Bertz CT molecular complexity index is 466. The van der Waals surface area contributed by atoms with E-state index in [4.69, 9.17) is 5.73 Å². The van der Waals surface area contributed by atoms with Crippen LogP contribution in [-0.4, -0.2) is 53.3 Å². The van der Waals surface area contributed by atoms with E-state index in [0.717, 1.165) is 17.5 Å². The van der Waals surface area contributed by atoms with Crippen LogP contribution in [0.25, 0.3) is 0 Å². The van der Waals surface area contributed by atoms with Crippen LogP contribution in [0.4, 0.5) is 11.6 Å². The maximum Gasteiger partial charge on any atom is 0.191 e. The lowest BCUT2D eigenvalue weighted by molar-refractivity contribution is 0.315. The van der Waals surface area contributed by atoms with Crippen molar-refractivity contribution >= 4 is 23.4 Å². The Balaban J connectivity index is 1.94. The highest BCUT2D eigenvalue weighted by molar-refractivity contribution is 7.98. The van der Waals surface area contributed by atoms with Crippen LogP contribution >= 0.6 is 11.8 Å². The fourth-order valence-electron chi connectivity index (χ4n) is 3.27. The summed E-state index contributed by atoms with van der Waals surface area (Å²) in [4.78, 5) is 13.8. The minimum atomic E-state index is 0.571. The average molecular weight is 279 g/mol. The predicted octanol–water partition coefficient (Wildman–Crippen LogP) is 1.45. The Morgan fingerprint density at radius 2 is 2.05 bits per heavy atom. The predicted molar refractivity (Wildman–Crippen MR) is 79.6 cm³/mol. The molecule has 3 rings (SSSR count). The molecular formula is C13H21N5S. The van der Waals surface area contributed by atoms with E-state index < -0.39 is 0 Å². The molecule has 2 saturated heterocycles. The van der Waals surface area contributed by atoms with Gasteiger partial charge in [-0.25, -0.2) is 9.97 Å². The van der Waals surface area contributed by atoms with E-state index in [1.807, 2.05) is 12.3 Å². The number of aromatic nitrogens is 2. The second-order valence-electron chi connectivity index (χ2n) is 5.48. The zero-order chi connectivity index (χ0) is 13.4. The summed E-state index contributed by atoms with van der Waals surface area (Å²) in [6.07, 6.45) is 5.74. The second-order valence-corrected chi connectivity index (χ2v) is 6.25. The first kappa shape index (κ1) is 13.0. The smallest absolute Gasteiger partial charge is 0.191 e. The number of nitrogen functional groups attached to an aromatic ring is 1. The van der Waals surface area contributed by atoms with Crippen molar-refractivity contribution < 1.29 is 0 Å². The first-order chi connectivity index (χ1) is 9.17. The van der Waals surface area contributed by atoms with Crippen molar-refractivity contribution in [3.63, 3.8) is 0 Å². The molecule has 5 nitrogen and oxygen atoms in total. The fourth-order valence-corrected chi connectivity index (χ4v) is 3.65. The first-order valence-corrected chi connectivity index (χ1v) is 8.05. The lowest BCUT2D eigenvalue weighted by Crippen LogP contribution is -2.39. The highest BCUT2D eigenvalue weighted by Crippen LogP contribution is 2.34. The van der Waals surface area contributed by atoms with E-state index in [1.165, 1.54) is 25.8 Å². The van der Waals surface area contributed by atoms with Crippen LogP contribution in [0.1, 0.15) is 19.3 Å². The number of fused-ring (bicyclic) bond motifs is 2. The first-order valence-electron chi connectivity index (χ1n) is 6.83. The molecule has 0 spiro atoms. The van der Waals surface area contributed by atoms with E-state index in [0.29, 0.717) is 17.9 Å². The van der Waals surface area contributed by atoms with Crippen molar-refractivity contribution in [2.24, 2.45) is 0 Å².